The highest BCUT2D eigenvalue weighted by Crippen LogP contribution is 2.29. The summed E-state index contributed by atoms with van der Waals surface area (Å²) in [4.78, 5) is 19.4. The standard InChI is InChI=1S/C22H32F3N7O/c1-21(2,3)8-11-29-12-14-31(15-13-29)19(33)16-6-9-30(10-7-16)18-5-4-17-26-27-20(22(23,24)25)32(17)28-18/h4-5,16H,6-15H2,1-3H3. The van der Waals surface area contributed by atoms with Crippen LogP contribution in [0, 0.1) is 11.3 Å². The molecule has 0 aliphatic carbocycles. The summed E-state index contributed by atoms with van der Waals surface area (Å²) in [6.45, 7) is 12.3. The number of alkyl halides is 3. The topological polar surface area (TPSA) is 69.9 Å². The van der Waals surface area contributed by atoms with Crippen molar-refractivity contribution in [3.05, 3.63) is 18.0 Å². The number of halogens is 3. The third-order valence-electron chi connectivity index (χ3n) is 6.53. The number of piperazine rings is 1. The summed E-state index contributed by atoms with van der Waals surface area (Å²) in [5, 5.41) is 10.9. The van der Waals surface area contributed by atoms with Gasteiger partial charge in [-0.2, -0.15) is 17.7 Å². The van der Waals surface area contributed by atoms with Crippen molar-refractivity contribution in [2.45, 2.75) is 46.2 Å². The molecule has 2 aliphatic rings. The fraction of sp³-hybridized carbons (Fsp3) is 0.727. The van der Waals surface area contributed by atoms with Gasteiger partial charge >= 0.3 is 6.18 Å². The van der Waals surface area contributed by atoms with Gasteiger partial charge in [0.2, 0.25) is 5.91 Å². The molecule has 0 bridgehead atoms. The van der Waals surface area contributed by atoms with Gasteiger partial charge in [-0.1, -0.05) is 20.8 Å². The molecule has 0 radical (unpaired) electrons. The van der Waals surface area contributed by atoms with E-state index in [-0.39, 0.29) is 17.5 Å². The van der Waals surface area contributed by atoms with E-state index >= 15 is 0 Å². The number of hydrogen-bond donors (Lipinski definition) is 0. The largest absolute Gasteiger partial charge is 0.453 e. The Labute approximate surface area is 191 Å². The quantitative estimate of drug-likeness (QED) is 0.689. The van der Waals surface area contributed by atoms with Crippen LogP contribution in [0.4, 0.5) is 19.0 Å². The number of fused-ring (bicyclic) bond motifs is 1. The summed E-state index contributed by atoms with van der Waals surface area (Å²) in [6, 6.07) is 3.14. The SMILES string of the molecule is CC(C)(C)CCN1CCN(C(=O)C2CCN(c3ccc4nnc(C(F)(F)F)n4n3)CC2)CC1. The fourth-order valence-corrected chi connectivity index (χ4v) is 4.42. The molecule has 182 valence electrons. The number of carbonyl (C=O) groups excluding carboxylic acids is 1. The summed E-state index contributed by atoms with van der Waals surface area (Å²) in [7, 11) is 0. The van der Waals surface area contributed by atoms with Crippen LogP contribution in [0.2, 0.25) is 0 Å². The molecule has 2 saturated heterocycles. The molecule has 2 aromatic rings. The minimum Gasteiger partial charge on any atom is -0.355 e. The number of carbonyl (C=O) groups is 1. The van der Waals surface area contributed by atoms with Gasteiger partial charge in [0.1, 0.15) is 5.82 Å². The number of aromatic nitrogens is 4. The van der Waals surface area contributed by atoms with E-state index in [0.29, 0.717) is 37.2 Å². The molecule has 0 atom stereocenters. The van der Waals surface area contributed by atoms with Crippen molar-refractivity contribution >= 4 is 17.4 Å². The molecule has 1 amide bonds. The molecule has 0 N–H and O–H groups in total. The van der Waals surface area contributed by atoms with Gasteiger partial charge in [-0.25, -0.2) is 0 Å². The van der Waals surface area contributed by atoms with Crippen LogP contribution >= 0.6 is 0 Å². The second-order valence-corrected chi connectivity index (χ2v) is 10.2. The lowest BCUT2D eigenvalue weighted by Crippen LogP contribution is -2.52. The highest BCUT2D eigenvalue weighted by molar-refractivity contribution is 5.79. The molecule has 0 spiro atoms. The van der Waals surface area contributed by atoms with Crippen LogP contribution in [0.1, 0.15) is 45.9 Å². The maximum atomic E-state index is 13.1. The summed E-state index contributed by atoms with van der Waals surface area (Å²) < 4.78 is 40.2. The highest BCUT2D eigenvalue weighted by Gasteiger charge is 2.38. The predicted molar refractivity (Wildman–Crippen MR) is 118 cm³/mol. The van der Waals surface area contributed by atoms with Gasteiger partial charge in [0.15, 0.2) is 5.65 Å². The van der Waals surface area contributed by atoms with E-state index in [9.17, 15) is 18.0 Å². The first-order valence-corrected chi connectivity index (χ1v) is 11.6. The van der Waals surface area contributed by atoms with Crippen molar-refractivity contribution in [1.29, 1.82) is 0 Å². The minimum atomic E-state index is -4.62. The Balaban J connectivity index is 1.31. The number of amides is 1. The molecule has 0 unspecified atom stereocenters. The van der Waals surface area contributed by atoms with Crippen LogP contribution in [-0.4, -0.2) is 81.3 Å². The van der Waals surface area contributed by atoms with Crippen LogP contribution < -0.4 is 4.90 Å². The molecule has 0 aromatic carbocycles. The smallest absolute Gasteiger partial charge is 0.355 e. The first kappa shape index (κ1) is 23.7. The first-order chi connectivity index (χ1) is 15.5. The summed E-state index contributed by atoms with van der Waals surface area (Å²) in [6.07, 6.45) is -2.16. The maximum Gasteiger partial charge on any atom is 0.453 e. The van der Waals surface area contributed by atoms with Crippen LogP contribution in [0.25, 0.3) is 5.65 Å². The molecular formula is C22H32F3N7O. The molecule has 2 fully saturated rings. The van der Waals surface area contributed by atoms with E-state index in [4.69, 9.17) is 0 Å². The Morgan fingerprint density at radius 1 is 1.00 bits per heavy atom. The van der Waals surface area contributed by atoms with E-state index < -0.39 is 12.0 Å². The van der Waals surface area contributed by atoms with Crippen molar-refractivity contribution in [3.8, 4) is 0 Å². The van der Waals surface area contributed by atoms with Crippen LogP contribution in [-0.2, 0) is 11.0 Å². The minimum absolute atomic E-state index is 0.0493. The van der Waals surface area contributed by atoms with Crippen LogP contribution in [0.15, 0.2) is 12.1 Å². The van der Waals surface area contributed by atoms with Crippen molar-refractivity contribution in [2.24, 2.45) is 11.3 Å². The van der Waals surface area contributed by atoms with Gasteiger partial charge in [0.25, 0.3) is 5.82 Å². The van der Waals surface area contributed by atoms with Crippen LogP contribution in [0.5, 0.6) is 0 Å². The van der Waals surface area contributed by atoms with Gasteiger partial charge in [0, 0.05) is 45.2 Å². The number of piperidine rings is 1. The Hall–Kier alpha value is -2.43. The van der Waals surface area contributed by atoms with E-state index in [1.54, 1.807) is 6.07 Å². The van der Waals surface area contributed by atoms with Gasteiger partial charge in [-0.3, -0.25) is 9.69 Å². The lowest BCUT2D eigenvalue weighted by atomic mass is 9.92. The fourth-order valence-electron chi connectivity index (χ4n) is 4.42. The first-order valence-electron chi connectivity index (χ1n) is 11.6. The zero-order chi connectivity index (χ0) is 23.8. The van der Waals surface area contributed by atoms with Gasteiger partial charge < -0.3 is 9.80 Å². The molecule has 2 aliphatic heterocycles. The lowest BCUT2D eigenvalue weighted by Gasteiger charge is -2.39. The number of hydrogen-bond acceptors (Lipinski definition) is 6. The second kappa shape index (κ2) is 9.08. The monoisotopic (exact) mass is 467 g/mol. The Kier molecular flexibility index (Phi) is 6.52. The Morgan fingerprint density at radius 3 is 2.27 bits per heavy atom. The second-order valence-electron chi connectivity index (χ2n) is 10.2. The van der Waals surface area contributed by atoms with E-state index in [1.807, 2.05) is 9.80 Å². The lowest BCUT2D eigenvalue weighted by molar-refractivity contribution is -0.146. The van der Waals surface area contributed by atoms with Crippen molar-refractivity contribution in [1.82, 2.24) is 29.6 Å². The van der Waals surface area contributed by atoms with Gasteiger partial charge in [-0.15, -0.1) is 15.3 Å². The molecule has 0 saturated carbocycles. The highest BCUT2D eigenvalue weighted by atomic mass is 19.4. The number of anilines is 1. The number of nitrogens with zero attached hydrogens (tertiary/aromatic N) is 7. The molecular weight excluding hydrogens is 435 g/mol. The molecule has 8 nitrogen and oxygen atoms in total. The van der Waals surface area contributed by atoms with E-state index in [1.165, 1.54) is 6.07 Å². The molecule has 11 heteroatoms. The normalized spacial score (nSPS) is 19.5. The molecule has 2 aromatic heterocycles. The average Bonchev–Trinajstić information content (AvgIpc) is 3.21. The zero-order valence-corrected chi connectivity index (χ0v) is 19.5. The van der Waals surface area contributed by atoms with Crippen LogP contribution in [0.3, 0.4) is 0 Å². The average molecular weight is 468 g/mol. The van der Waals surface area contributed by atoms with Crippen molar-refractivity contribution in [3.63, 3.8) is 0 Å². The van der Waals surface area contributed by atoms with E-state index in [0.717, 1.165) is 43.7 Å². The molecule has 4 heterocycles. The van der Waals surface area contributed by atoms with Crippen molar-refractivity contribution < 1.29 is 18.0 Å². The number of rotatable bonds is 4. The summed E-state index contributed by atoms with van der Waals surface area (Å²) >= 11 is 0. The third kappa shape index (κ3) is 5.56. The Bertz CT molecular complexity index is 969. The van der Waals surface area contributed by atoms with Crippen molar-refractivity contribution in [2.75, 3.05) is 50.7 Å². The van der Waals surface area contributed by atoms with E-state index in [2.05, 4.69) is 41.0 Å². The zero-order valence-electron chi connectivity index (χ0n) is 19.5. The van der Waals surface area contributed by atoms with Gasteiger partial charge in [-0.05, 0) is 43.4 Å². The Morgan fingerprint density at radius 2 is 1.67 bits per heavy atom. The predicted octanol–water partition coefficient (Wildman–Crippen LogP) is 2.94. The third-order valence-corrected chi connectivity index (χ3v) is 6.53. The van der Waals surface area contributed by atoms with Gasteiger partial charge in [0.05, 0.1) is 0 Å². The summed E-state index contributed by atoms with van der Waals surface area (Å²) in [5.41, 5.74) is 0.362. The molecule has 33 heavy (non-hydrogen) atoms. The summed E-state index contributed by atoms with van der Waals surface area (Å²) in [5.74, 6) is -0.546. The maximum absolute atomic E-state index is 13.1. The molecule has 4 rings (SSSR count).